The number of hydrogen-bond acceptors (Lipinski definition) is 5. The van der Waals surface area contributed by atoms with E-state index in [4.69, 9.17) is 0 Å². The summed E-state index contributed by atoms with van der Waals surface area (Å²) in [5.74, 6) is 1.74. The molecule has 18 heavy (non-hydrogen) atoms. The Kier molecular flexibility index (Phi) is 3.04. The van der Waals surface area contributed by atoms with E-state index >= 15 is 0 Å². The molecule has 96 valence electrons. The van der Waals surface area contributed by atoms with E-state index in [0.29, 0.717) is 12.6 Å². The second kappa shape index (κ2) is 4.83. The Morgan fingerprint density at radius 1 is 1.28 bits per heavy atom. The molecule has 0 aromatic carbocycles. The average Bonchev–Trinajstić information content (AvgIpc) is 3.01. The van der Waals surface area contributed by atoms with Crippen LogP contribution in [0.2, 0.25) is 0 Å². The van der Waals surface area contributed by atoms with Crippen molar-refractivity contribution in [2.24, 2.45) is 0 Å². The Balaban J connectivity index is 1.80. The standard InChI is InChI=1S/C11H17N7/c1-9-14-15-16-17(9)7-11-12-8-13-18(11)10-5-3-2-4-6-10/h8,10H,2-7H2,1H3. The van der Waals surface area contributed by atoms with Crippen molar-refractivity contribution in [3.63, 3.8) is 0 Å². The predicted molar refractivity (Wildman–Crippen MR) is 63.8 cm³/mol. The van der Waals surface area contributed by atoms with E-state index in [2.05, 4.69) is 30.3 Å². The maximum Gasteiger partial charge on any atom is 0.148 e. The molecule has 3 rings (SSSR count). The highest BCUT2D eigenvalue weighted by Crippen LogP contribution is 2.28. The molecule has 0 bridgehead atoms. The molecule has 0 saturated heterocycles. The van der Waals surface area contributed by atoms with E-state index in [9.17, 15) is 0 Å². The van der Waals surface area contributed by atoms with Gasteiger partial charge >= 0.3 is 0 Å². The van der Waals surface area contributed by atoms with E-state index in [1.54, 1.807) is 11.0 Å². The Morgan fingerprint density at radius 2 is 2.11 bits per heavy atom. The minimum absolute atomic E-state index is 0.494. The normalized spacial score (nSPS) is 17.2. The topological polar surface area (TPSA) is 74.3 Å². The Hall–Kier alpha value is -1.79. The van der Waals surface area contributed by atoms with Crippen LogP contribution in [0.4, 0.5) is 0 Å². The number of aromatic nitrogens is 7. The van der Waals surface area contributed by atoms with Gasteiger partial charge in [-0.1, -0.05) is 19.3 Å². The Morgan fingerprint density at radius 3 is 2.83 bits per heavy atom. The second-order valence-corrected chi connectivity index (χ2v) is 4.80. The summed E-state index contributed by atoms with van der Waals surface area (Å²) < 4.78 is 3.81. The first-order chi connectivity index (χ1) is 8.84. The number of hydrogen-bond donors (Lipinski definition) is 0. The summed E-state index contributed by atoms with van der Waals surface area (Å²) in [6.45, 7) is 2.48. The largest absolute Gasteiger partial charge is 0.245 e. The number of nitrogens with zero attached hydrogens (tertiary/aromatic N) is 7. The van der Waals surface area contributed by atoms with Crippen LogP contribution in [-0.4, -0.2) is 35.0 Å². The van der Waals surface area contributed by atoms with Crippen LogP contribution in [0.3, 0.4) is 0 Å². The van der Waals surface area contributed by atoms with Crippen LogP contribution in [0.1, 0.15) is 49.8 Å². The van der Waals surface area contributed by atoms with Gasteiger partial charge in [-0.2, -0.15) is 5.10 Å². The van der Waals surface area contributed by atoms with Gasteiger partial charge in [0.2, 0.25) is 0 Å². The number of rotatable bonds is 3. The SMILES string of the molecule is Cc1nnnn1Cc1ncnn1C1CCCCC1. The maximum atomic E-state index is 4.37. The van der Waals surface area contributed by atoms with Gasteiger partial charge in [-0.25, -0.2) is 14.3 Å². The molecule has 0 N–H and O–H groups in total. The van der Waals surface area contributed by atoms with Crippen molar-refractivity contribution in [3.05, 3.63) is 18.0 Å². The highest BCUT2D eigenvalue weighted by Gasteiger charge is 2.19. The fraction of sp³-hybridized carbons (Fsp3) is 0.727. The molecule has 0 unspecified atom stereocenters. The van der Waals surface area contributed by atoms with E-state index in [-0.39, 0.29) is 0 Å². The molecule has 7 nitrogen and oxygen atoms in total. The molecule has 0 radical (unpaired) electrons. The van der Waals surface area contributed by atoms with Crippen LogP contribution in [0, 0.1) is 6.92 Å². The monoisotopic (exact) mass is 247 g/mol. The zero-order valence-corrected chi connectivity index (χ0v) is 10.5. The molecule has 1 aliphatic rings. The van der Waals surface area contributed by atoms with Crippen molar-refractivity contribution >= 4 is 0 Å². The zero-order valence-electron chi connectivity index (χ0n) is 10.5. The van der Waals surface area contributed by atoms with Crippen LogP contribution >= 0.6 is 0 Å². The molecule has 1 saturated carbocycles. The minimum atomic E-state index is 0.494. The maximum absolute atomic E-state index is 4.37. The molecule has 0 spiro atoms. The van der Waals surface area contributed by atoms with Gasteiger partial charge in [0.05, 0.1) is 6.04 Å². The fourth-order valence-corrected chi connectivity index (χ4v) is 2.55. The Labute approximate surface area is 105 Å². The van der Waals surface area contributed by atoms with E-state index in [1.165, 1.54) is 32.1 Å². The van der Waals surface area contributed by atoms with Crippen molar-refractivity contribution < 1.29 is 0 Å². The molecule has 0 atom stereocenters. The van der Waals surface area contributed by atoms with Gasteiger partial charge in [-0.3, -0.25) is 0 Å². The lowest BCUT2D eigenvalue weighted by Crippen LogP contribution is -2.19. The number of aryl methyl sites for hydroxylation is 1. The lowest BCUT2D eigenvalue weighted by molar-refractivity contribution is 0.317. The summed E-state index contributed by atoms with van der Waals surface area (Å²) in [6.07, 6.45) is 7.94. The molecule has 7 heteroatoms. The van der Waals surface area contributed by atoms with E-state index in [1.807, 2.05) is 6.92 Å². The van der Waals surface area contributed by atoms with E-state index < -0.39 is 0 Å². The predicted octanol–water partition coefficient (Wildman–Crippen LogP) is 1.13. The fourth-order valence-electron chi connectivity index (χ4n) is 2.55. The van der Waals surface area contributed by atoms with Crippen LogP contribution in [0.25, 0.3) is 0 Å². The highest BCUT2D eigenvalue weighted by molar-refractivity contribution is 4.91. The van der Waals surface area contributed by atoms with Gasteiger partial charge in [0.1, 0.15) is 24.5 Å². The second-order valence-electron chi connectivity index (χ2n) is 4.80. The summed E-state index contributed by atoms with van der Waals surface area (Å²) in [5.41, 5.74) is 0. The molecular weight excluding hydrogens is 230 g/mol. The first kappa shape index (κ1) is 11.3. The molecule has 2 aromatic heterocycles. The highest BCUT2D eigenvalue weighted by atomic mass is 15.5. The summed E-state index contributed by atoms with van der Waals surface area (Å²) >= 11 is 0. The third kappa shape index (κ3) is 2.12. The summed E-state index contributed by atoms with van der Waals surface area (Å²) in [6, 6.07) is 0.494. The summed E-state index contributed by atoms with van der Waals surface area (Å²) in [5, 5.41) is 15.9. The first-order valence-corrected chi connectivity index (χ1v) is 6.46. The minimum Gasteiger partial charge on any atom is -0.245 e. The molecule has 1 aliphatic carbocycles. The van der Waals surface area contributed by atoms with Crippen molar-refractivity contribution in [2.45, 2.75) is 51.6 Å². The first-order valence-electron chi connectivity index (χ1n) is 6.46. The molecule has 2 heterocycles. The third-order valence-corrected chi connectivity index (χ3v) is 3.57. The Bertz CT molecular complexity index is 509. The van der Waals surface area contributed by atoms with Gasteiger partial charge in [-0.05, 0) is 30.2 Å². The molecule has 1 fully saturated rings. The quantitative estimate of drug-likeness (QED) is 0.812. The van der Waals surface area contributed by atoms with Crippen molar-refractivity contribution in [1.82, 2.24) is 35.0 Å². The zero-order chi connectivity index (χ0) is 12.4. The molecule has 0 aliphatic heterocycles. The van der Waals surface area contributed by atoms with Crippen LogP contribution in [0.5, 0.6) is 0 Å². The molecular formula is C11H17N7. The van der Waals surface area contributed by atoms with Crippen LogP contribution < -0.4 is 0 Å². The van der Waals surface area contributed by atoms with E-state index in [0.717, 1.165) is 11.6 Å². The van der Waals surface area contributed by atoms with Crippen LogP contribution in [-0.2, 0) is 6.54 Å². The van der Waals surface area contributed by atoms with Gasteiger partial charge in [0, 0.05) is 0 Å². The van der Waals surface area contributed by atoms with Crippen molar-refractivity contribution in [3.8, 4) is 0 Å². The summed E-state index contributed by atoms with van der Waals surface area (Å²) in [7, 11) is 0. The van der Waals surface area contributed by atoms with Gasteiger partial charge < -0.3 is 0 Å². The lowest BCUT2D eigenvalue weighted by Gasteiger charge is -2.23. The third-order valence-electron chi connectivity index (χ3n) is 3.57. The average molecular weight is 247 g/mol. The summed E-state index contributed by atoms with van der Waals surface area (Å²) in [4.78, 5) is 4.34. The smallest absolute Gasteiger partial charge is 0.148 e. The van der Waals surface area contributed by atoms with Gasteiger partial charge in [0.15, 0.2) is 0 Å². The van der Waals surface area contributed by atoms with Gasteiger partial charge in [0.25, 0.3) is 0 Å². The van der Waals surface area contributed by atoms with Crippen LogP contribution in [0.15, 0.2) is 6.33 Å². The molecule has 2 aromatic rings. The molecule has 0 amide bonds. The van der Waals surface area contributed by atoms with Gasteiger partial charge in [-0.15, -0.1) is 5.10 Å². The number of tetrazole rings is 1. The van der Waals surface area contributed by atoms with Crippen molar-refractivity contribution in [1.29, 1.82) is 0 Å². The van der Waals surface area contributed by atoms with Crippen molar-refractivity contribution in [2.75, 3.05) is 0 Å². The lowest BCUT2D eigenvalue weighted by atomic mass is 9.95.